The Morgan fingerprint density at radius 3 is 2.72 bits per heavy atom. The normalized spacial score (nSPS) is 13.4. The van der Waals surface area contributed by atoms with E-state index in [9.17, 15) is 4.79 Å². The first-order valence-corrected chi connectivity index (χ1v) is 14.8. The van der Waals surface area contributed by atoms with Crippen LogP contribution in [0.1, 0.15) is 43.7 Å². The number of nitrogens with two attached hydrogens (primary N) is 2. The first-order chi connectivity index (χ1) is 20.7. The van der Waals surface area contributed by atoms with E-state index in [0.29, 0.717) is 53.3 Å². The summed E-state index contributed by atoms with van der Waals surface area (Å²) >= 11 is 6.23. The molecule has 7 N–H and O–H groups in total. The molecule has 0 amide bonds. The number of amidine groups is 1. The van der Waals surface area contributed by atoms with Gasteiger partial charge in [-0.15, -0.1) is 6.58 Å². The van der Waals surface area contributed by atoms with Gasteiger partial charge in [-0.1, -0.05) is 29.8 Å². The maximum Gasteiger partial charge on any atom is 0.354 e. The molecule has 0 fully saturated rings. The maximum atomic E-state index is 15.1. The van der Waals surface area contributed by atoms with Gasteiger partial charge in [0.05, 0.1) is 28.8 Å². The van der Waals surface area contributed by atoms with Crippen LogP contribution in [0.5, 0.6) is 0 Å². The van der Waals surface area contributed by atoms with Crippen molar-refractivity contribution in [3.8, 4) is 16.9 Å². The average Bonchev–Trinajstić information content (AvgIpc) is 3.39. The highest BCUT2D eigenvalue weighted by Gasteiger charge is 2.16. The number of halogens is 2. The number of aromatic amines is 1. The lowest BCUT2D eigenvalue weighted by molar-refractivity contribution is 0.306. The van der Waals surface area contributed by atoms with Crippen LogP contribution < -0.4 is 22.5 Å². The molecule has 9 nitrogen and oxygen atoms in total. The number of H-pyrrole nitrogens is 1. The van der Waals surface area contributed by atoms with Crippen LogP contribution in [0, 0.1) is 5.82 Å². The number of hydrogen-bond acceptors (Lipinski definition) is 6. The van der Waals surface area contributed by atoms with Crippen molar-refractivity contribution in [3.63, 3.8) is 0 Å². The van der Waals surface area contributed by atoms with Crippen LogP contribution in [0.2, 0.25) is 5.02 Å². The Hall–Kier alpha value is -3.83. The molecule has 4 aromatic rings. The quantitative estimate of drug-likeness (QED) is 0.0757. The van der Waals surface area contributed by atoms with Gasteiger partial charge in [-0.25, -0.2) is 9.18 Å². The summed E-state index contributed by atoms with van der Waals surface area (Å²) in [5.74, 6) is -0.0879. The number of rotatable bonds is 15. The van der Waals surface area contributed by atoms with Gasteiger partial charge in [0.2, 0.25) is 0 Å². The molecular weight excluding hydrogens is 569 g/mol. The number of aromatic nitrogens is 3. The van der Waals surface area contributed by atoms with Gasteiger partial charge < -0.3 is 26.9 Å². The van der Waals surface area contributed by atoms with Crippen molar-refractivity contribution in [1.29, 1.82) is 0 Å². The third-order valence-corrected chi connectivity index (χ3v) is 7.48. The summed E-state index contributed by atoms with van der Waals surface area (Å²) in [6.07, 6.45) is 7.07. The fourth-order valence-corrected chi connectivity index (χ4v) is 5.05. The molecule has 0 aliphatic heterocycles. The lowest BCUT2D eigenvalue weighted by Crippen LogP contribution is -2.27. The zero-order valence-electron chi connectivity index (χ0n) is 24.3. The van der Waals surface area contributed by atoms with Crippen molar-refractivity contribution in [2.45, 2.75) is 57.7 Å². The van der Waals surface area contributed by atoms with Crippen LogP contribution >= 0.6 is 11.6 Å². The molecule has 0 saturated heterocycles. The zero-order chi connectivity index (χ0) is 30.9. The van der Waals surface area contributed by atoms with E-state index in [0.717, 1.165) is 36.8 Å². The summed E-state index contributed by atoms with van der Waals surface area (Å²) in [4.78, 5) is 24.5. The van der Waals surface area contributed by atoms with Crippen molar-refractivity contribution >= 4 is 28.5 Å². The monoisotopic (exact) mass is 607 g/mol. The fourth-order valence-electron chi connectivity index (χ4n) is 4.81. The first-order valence-electron chi connectivity index (χ1n) is 14.4. The van der Waals surface area contributed by atoms with Gasteiger partial charge >= 0.3 is 5.69 Å². The summed E-state index contributed by atoms with van der Waals surface area (Å²) in [6.45, 7) is 6.96. The van der Waals surface area contributed by atoms with Crippen molar-refractivity contribution < 1.29 is 9.50 Å². The molecule has 0 aliphatic rings. The second-order valence-corrected chi connectivity index (χ2v) is 11.1. The van der Waals surface area contributed by atoms with Crippen molar-refractivity contribution in [1.82, 2.24) is 19.9 Å². The van der Waals surface area contributed by atoms with Crippen LogP contribution in [0.4, 0.5) is 4.39 Å². The topological polar surface area (TPSA) is 147 Å². The number of nitrogens with zero attached hydrogens (tertiary/aromatic N) is 3. The molecule has 43 heavy (non-hydrogen) atoms. The molecule has 228 valence electrons. The number of aliphatic imine (C=N–C) groups is 1. The van der Waals surface area contributed by atoms with Crippen LogP contribution in [-0.4, -0.2) is 50.7 Å². The van der Waals surface area contributed by atoms with E-state index >= 15 is 4.39 Å². The largest absolute Gasteiger partial charge is 0.396 e. The summed E-state index contributed by atoms with van der Waals surface area (Å²) < 4.78 is 16.5. The van der Waals surface area contributed by atoms with Gasteiger partial charge in [0, 0.05) is 48.7 Å². The zero-order valence-corrected chi connectivity index (χ0v) is 25.1. The molecule has 4 rings (SSSR count). The highest BCUT2D eigenvalue weighted by atomic mass is 35.5. The Labute approximate surface area is 255 Å². The van der Waals surface area contributed by atoms with E-state index in [1.807, 2.05) is 37.3 Å². The lowest BCUT2D eigenvalue weighted by Gasteiger charge is -2.14. The number of aliphatic hydroxyl groups excluding tert-OH is 1. The van der Waals surface area contributed by atoms with Crippen LogP contribution in [0.25, 0.3) is 28.0 Å². The number of aliphatic hydroxyl groups is 1. The standard InChI is InChI=1S/C32H39ClFN7O2/c1-3-24(11-13-37-29(36)12-14-42)38-18-21-7-9-25(10-8-21)41-19-23-17-28(39-31(23)40-32(41)43)26-15-22(6-4-5-20(2)35)16-27(33)30(26)34/h3,7-10,15-17,19-20,24,38,42H,1,4-6,11-14,18,35H2,2H3,(H2,36,37)(H,39,40,43)/t20-,24-/m0/s1. The predicted molar refractivity (Wildman–Crippen MR) is 172 cm³/mol. The third-order valence-electron chi connectivity index (χ3n) is 7.20. The van der Waals surface area contributed by atoms with Crippen molar-refractivity contribution in [3.05, 3.63) is 93.8 Å². The molecule has 0 spiro atoms. The first kappa shape index (κ1) is 32.1. The molecule has 2 aromatic carbocycles. The molecule has 0 aliphatic carbocycles. The maximum absolute atomic E-state index is 15.1. The van der Waals surface area contributed by atoms with Crippen LogP contribution in [0.3, 0.4) is 0 Å². The molecule has 2 heterocycles. The second-order valence-electron chi connectivity index (χ2n) is 10.7. The number of benzene rings is 2. The minimum absolute atomic E-state index is 0.0176. The summed E-state index contributed by atoms with van der Waals surface area (Å²) in [5, 5.41) is 13.1. The van der Waals surface area contributed by atoms with E-state index in [2.05, 4.69) is 26.9 Å². The Morgan fingerprint density at radius 1 is 1.26 bits per heavy atom. The summed E-state index contributed by atoms with van der Waals surface area (Å²) in [6, 6.07) is 12.9. The van der Waals surface area contributed by atoms with E-state index in [1.54, 1.807) is 24.4 Å². The van der Waals surface area contributed by atoms with Gasteiger partial charge in [-0.3, -0.25) is 9.56 Å². The number of aryl methyl sites for hydroxylation is 1. The molecule has 0 unspecified atom stereocenters. The molecule has 0 radical (unpaired) electrons. The highest BCUT2D eigenvalue weighted by Crippen LogP contribution is 2.31. The van der Waals surface area contributed by atoms with Crippen LogP contribution in [-0.2, 0) is 13.0 Å². The van der Waals surface area contributed by atoms with Gasteiger partial charge in [-0.05, 0) is 74.1 Å². The summed E-state index contributed by atoms with van der Waals surface area (Å²) in [5.41, 5.74) is 14.9. The lowest BCUT2D eigenvalue weighted by atomic mass is 10.0. The smallest absolute Gasteiger partial charge is 0.354 e. The van der Waals surface area contributed by atoms with Gasteiger partial charge in [-0.2, -0.15) is 4.98 Å². The van der Waals surface area contributed by atoms with Gasteiger partial charge in [0.25, 0.3) is 0 Å². The molecule has 11 heteroatoms. The minimum atomic E-state index is -0.527. The van der Waals surface area contributed by atoms with Crippen molar-refractivity contribution in [2.24, 2.45) is 16.5 Å². The molecule has 2 aromatic heterocycles. The van der Waals surface area contributed by atoms with Crippen LogP contribution in [0.15, 0.2) is 71.1 Å². The minimum Gasteiger partial charge on any atom is -0.396 e. The molecule has 0 bridgehead atoms. The Morgan fingerprint density at radius 2 is 2.02 bits per heavy atom. The number of hydrogen-bond donors (Lipinski definition) is 5. The van der Waals surface area contributed by atoms with E-state index in [-0.39, 0.29) is 23.7 Å². The Kier molecular flexibility index (Phi) is 11.2. The van der Waals surface area contributed by atoms with E-state index in [4.69, 9.17) is 28.2 Å². The van der Waals surface area contributed by atoms with E-state index in [1.165, 1.54) is 4.57 Å². The second kappa shape index (κ2) is 15.1. The Bertz CT molecular complexity index is 1630. The average molecular weight is 608 g/mol. The Balaban J connectivity index is 1.48. The SMILES string of the molecule is C=C[C@@H](CCN=C(N)CCO)NCc1ccc(-n2cc3cc(-c4cc(CCC[C@H](C)N)cc(Cl)c4F)[nH]c3nc2=O)cc1. The predicted octanol–water partition coefficient (Wildman–Crippen LogP) is 4.62. The fraction of sp³-hybridized carbons (Fsp3) is 0.344. The molecular formula is C32H39ClFN7O2. The third kappa shape index (κ3) is 8.61. The van der Waals surface area contributed by atoms with Crippen molar-refractivity contribution in [2.75, 3.05) is 13.2 Å². The highest BCUT2D eigenvalue weighted by molar-refractivity contribution is 6.31. The van der Waals surface area contributed by atoms with E-state index < -0.39 is 11.5 Å². The molecule has 0 saturated carbocycles. The van der Waals surface area contributed by atoms with Gasteiger partial charge in [0.15, 0.2) is 5.82 Å². The number of fused-ring (bicyclic) bond motifs is 1. The summed E-state index contributed by atoms with van der Waals surface area (Å²) in [7, 11) is 0. The van der Waals surface area contributed by atoms with Gasteiger partial charge in [0.1, 0.15) is 5.65 Å². The molecule has 2 atom stereocenters. The number of nitrogens with one attached hydrogen (secondary N) is 2.